The summed E-state index contributed by atoms with van der Waals surface area (Å²) in [7, 11) is 0. The summed E-state index contributed by atoms with van der Waals surface area (Å²) in [6, 6.07) is 8.52. The summed E-state index contributed by atoms with van der Waals surface area (Å²) < 4.78 is 6.68. The Kier molecular flexibility index (Phi) is 4.83. The van der Waals surface area contributed by atoms with Crippen molar-refractivity contribution in [1.82, 2.24) is 5.32 Å². The van der Waals surface area contributed by atoms with E-state index in [1.165, 1.54) is 8.66 Å². The molecule has 4 heteroatoms. The molecule has 0 amide bonds. The summed E-state index contributed by atoms with van der Waals surface area (Å²) in [6.07, 6.45) is 3.84. The van der Waals surface area contributed by atoms with Crippen molar-refractivity contribution in [3.8, 4) is 0 Å². The number of furan rings is 1. The molecule has 17 heavy (non-hydrogen) atoms. The first-order valence-corrected chi connectivity index (χ1v) is 7.41. The number of hydrogen-bond acceptors (Lipinski definition) is 3. The van der Waals surface area contributed by atoms with Crippen LogP contribution in [0.2, 0.25) is 0 Å². The lowest BCUT2D eigenvalue weighted by Crippen LogP contribution is -2.23. The van der Waals surface area contributed by atoms with Gasteiger partial charge in [0, 0.05) is 11.3 Å². The quantitative estimate of drug-likeness (QED) is 0.855. The van der Waals surface area contributed by atoms with E-state index in [2.05, 4.69) is 40.3 Å². The summed E-state index contributed by atoms with van der Waals surface area (Å²) in [6.45, 7) is 3.19. The molecule has 92 valence electrons. The van der Waals surface area contributed by atoms with Crippen molar-refractivity contribution in [2.75, 3.05) is 6.54 Å². The van der Waals surface area contributed by atoms with Gasteiger partial charge >= 0.3 is 0 Å². The van der Waals surface area contributed by atoms with Gasteiger partial charge in [-0.05, 0) is 53.2 Å². The van der Waals surface area contributed by atoms with Crippen molar-refractivity contribution >= 4 is 27.3 Å². The third-order valence-corrected chi connectivity index (χ3v) is 4.21. The molecule has 0 saturated heterocycles. The van der Waals surface area contributed by atoms with Crippen LogP contribution in [0.3, 0.4) is 0 Å². The Labute approximate surface area is 114 Å². The van der Waals surface area contributed by atoms with Crippen molar-refractivity contribution < 1.29 is 4.42 Å². The molecule has 2 aromatic rings. The van der Waals surface area contributed by atoms with Crippen LogP contribution in [0.5, 0.6) is 0 Å². The molecule has 0 spiro atoms. The third kappa shape index (κ3) is 3.69. The van der Waals surface area contributed by atoms with E-state index in [4.69, 9.17) is 4.42 Å². The molecular formula is C13H16BrNOS. The monoisotopic (exact) mass is 313 g/mol. The van der Waals surface area contributed by atoms with Gasteiger partial charge in [0.2, 0.25) is 0 Å². The van der Waals surface area contributed by atoms with Crippen LogP contribution in [0.15, 0.2) is 38.7 Å². The normalized spacial score (nSPS) is 12.8. The molecule has 2 aromatic heterocycles. The Morgan fingerprint density at radius 2 is 2.29 bits per heavy atom. The van der Waals surface area contributed by atoms with Crippen molar-refractivity contribution in [2.45, 2.75) is 25.8 Å². The minimum Gasteiger partial charge on any atom is -0.468 e. The van der Waals surface area contributed by atoms with Crippen molar-refractivity contribution in [2.24, 2.45) is 0 Å². The number of thiophene rings is 1. The topological polar surface area (TPSA) is 25.2 Å². The summed E-state index contributed by atoms with van der Waals surface area (Å²) in [4.78, 5) is 1.36. The second-order valence-corrected chi connectivity index (χ2v) is 6.48. The highest BCUT2D eigenvalue weighted by Gasteiger charge is 2.15. The fraction of sp³-hybridized carbons (Fsp3) is 0.385. The second kappa shape index (κ2) is 6.38. The fourth-order valence-electron chi connectivity index (χ4n) is 1.74. The Hall–Kier alpha value is -0.580. The van der Waals surface area contributed by atoms with E-state index in [0.29, 0.717) is 0 Å². The van der Waals surface area contributed by atoms with E-state index in [1.54, 1.807) is 17.6 Å². The summed E-state index contributed by atoms with van der Waals surface area (Å²) in [5.41, 5.74) is 0. The molecule has 0 bridgehead atoms. The van der Waals surface area contributed by atoms with Crippen LogP contribution < -0.4 is 5.32 Å². The average molecular weight is 314 g/mol. The van der Waals surface area contributed by atoms with E-state index < -0.39 is 0 Å². The molecule has 2 rings (SSSR count). The lowest BCUT2D eigenvalue weighted by atomic mass is 10.1. The smallest absolute Gasteiger partial charge is 0.121 e. The maximum atomic E-state index is 5.50. The maximum absolute atomic E-state index is 5.50. The Bertz CT molecular complexity index is 438. The molecular weight excluding hydrogens is 298 g/mol. The number of nitrogens with one attached hydrogen (secondary N) is 1. The SMILES string of the molecule is CCCNC(Cc1ccc(Br)s1)c1ccco1. The van der Waals surface area contributed by atoms with Gasteiger partial charge in [-0.1, -0.05) is 6.92 Å². The van der Waals surface area contributed by atoms with Crippen molar-refractivity contribution in [1.29, 1.82) is 0 Å². The second-order valence-electron chi connectivity index (χ2n) is 3.93. The predicted molar refractivity (Wildman–Crippen MR) is 75.5 cm³/mol. The van der Waals surface area contributed by atoms with Gasteiger partial charge in [0.25, 0.3) is 0 Å². The van der Waals surface area contributed by atoms with Gasteiger partial charge in [0.05, 0.1) is 16.1 Å². The van der Waals surface area contributed by atoms with Gasteiger partial charge in [-0.15, -0.1) is 11.3 Å². The highest BCUT2D eigenvalue weighted by Crippen LogP contribution is 2.27. The van der Waals surface area contributed by atoms with Crippen LogP contribution >= 0.6 is 27.3 Å². The molecule has 0 aliphatic heterocycles. The zero-order valence-corrected chi connectivity index (χ0v) is 12.2. The average Bonchev–Trinajstić information content (AvgIpc) is 2.95. The summed E-state index contributed by atoms with van der Waals surface area (Å²) in [5, 5.41) is 3.53. The Morgan fingerprint density at radius 3 is 2.88 bits per heavy atom. The molecule has 1 atom stereocenters. The fourth-order valence-corrected chi connectivity index (χ4v) is 3.27. The van der Waals surface area contributed by atoms with E-state index in [1.807, 2.05) is 12.1 Å². The standard InChI is InChI=1S/C13H16BrNOS/c1-2-7-15-11(12-4-3-8-16-12)9-10-5-6-13(14)17-10/h3-6,8,11,15H,2,7,9H2,1H3. The van der Waals surface area contributed by atoms with Crippen molar-refractivity contribution in [3.63, 3.8) is 0 Å². The summed E-state index contributed by atoms with van der Waals surface area (Å²) >= 11 is 5.28. The molecule has 1 unspecified atom stereocenters. The van der Waals surface area contributed by atoms with Crippen LogP contribution in [-0.2, 0) is 6.42 Å². The molecule has 0 fully saturated rings. The predicted octanol–water partition coefficient (Wildman–Crippen LogP) is 4.39. The zero-order chi connectivity index (χ0) is 12.1. The van der Waals surface area contributed by atoms with E-state index >= 15 is 0 Å². The molecule has 0 saturated carbocycles. The molecule has 0 aliphatic carbocycles. The van der Waals surface area contributed by atoms with Gasteiger partial charge in [0.15, 0.2) is 0 Å². The number of rotatable bonds is 6. The van der Waals surface area contributed by atoms with Gasteiger partial charge in [-0.25, -0.2) is 0 Å². The maximum Gasteiger partial charge on any atom is 0.121 e. The highest BCUT2D eigenvalue weighted by molar-refractivity contribution is 9.11. The first kappa shape index (κ1) is 12.9. The van der Waals surface area contributed by atoms with E-state index in [0.717, 1.165) is 25.1 Å². The minimum atomic E-state index is 0.274. The molecule has 2 nitrogen and oxygen atoms in total. The highest BCUT2D eigenvalue weighted by atomic mass is 79.9. The lowest BCUT2D eigenvalue weighted by molar-refractivity contribution is 0.412. The zero-order valence-electron chi connectivity index (χ0n) is 9.78. The Morgan fingerprint density at radius 1 is 1.41 bits per heavy atom. The number of hydrogen-bond donors (Lipinski definition) is 1. The van der Waals surface area contributed by atoms with E-state index in [-0.39, 0.29) is 6.04 Å². The van der Waals surface area contributed by atoms with Gasteiger partial charge < -0.3 is 9.73 Å². The van der Waals surface area contributed by atoms with Crippen LogP contribution in [0.4, 0.5) is 0 Å². The minimum absolute atomic E-state index is 0.274. The van der Waals surface area contributed by atoms with Gasteiger partial charge in [-0.3, -0.25) is 0 Å². The number of halogens is 1. The summed E-state index contributed by atoms with van der Waals surface area (Å²) in [5.74, 6) is 1.02. The Balaban J connectivity index is 2.05. The van der Waals surface area contributed by atoms with Crippen LogP contribution in [0, 0.1) is 0 Å². The van der Waals surface area contributed by atoms with Crippen LogP contribution in [-0.4, -0.2) is 6.54 Å². The van der Waals surface area contributed by atoms with Crippen molar-refractivity contribution in [3.05, 3.63) is 45.0 Å². The molecule has 0 aromatic carbocycles. The van der Waals surface area contributed by atoms with E-state index in [9.17, 15) is 0 Å². The molecule has 2 heterocycles. The van der Waals surface area contributed by atoms with Crippen LogP contribution in [0.1, 0.15) is 30.0 Å². The molecule has 0 radical (unpaired) electrons. The third-order valence-electron chi connectivity index (χ3n) is 2.56. The molecule has 0 aliphatic rings. The van der Waals surface area contributed by atoms with Gasteiger partial charge in [0.1, 0.15) is 5.76 Å². The first-order chi connectivity index (χ1) is 8.29. The lowest BCUT2D eigenvalue weighted by Gasteiger charge is -2.15. The largest absolute Gasteiger partial charge is 0.468 e. The first-order valence-electron chi connectivity index (χ1n) is 5.80. The van der Waals surface area contributed by atoms with Gasteiger partial charge in [-0.2, -0.15) is 0 Å². The molecule has 1 N–H and O–H groups in total. The van der Waals surface area contributed by atoms with Crippen LogP contribution in [0.25, 0.3) is 0 Å².